The number of aryl methyl sites for hydroxylation is 1. The number of hydrogen-bond acceptors (Lipinski definition) is 4. The van der Waals surface area contributed by atoms with Crippen molar-refractivity contribution in [2.45, 2.75) is 51.0 Å². The van der Waals surface area contributed by atoms with Crippen LogP contribution in [0.4, 0.5) is 0 Å². The molecule has 1 aromatic carbocycles. The van der Waals surface area contributed by atoms with Gasteiger partial charge in [0.1, 0.15) is 5.75 Å². The molecule has 2 saturated carbocycles. The van der Waals surface area contributed by atoms with E-state index in [4.69, 9.17) is 0 Å². The minimum absolute atomic E-state index is 0.150. The largest absolute Gasteiger partial charge is 0.508 e. The zero-order chi connectivity index (χ0) is 20.3. The summed E-state index contributed by atoms with van der Waals surface area (Å²) >= 11 is 0. The van der Waals surface area contributed by atoms with E-state index in [2.05, 4.69) is 24.9 Å². The highest BCUT2D eigenvalue weighted by atomic mass is 16.3. The van der Waals surface area contributed by atoms with Crippen molar-refractivity contribution in [2.24, 2.45) is 23.2 Å². The minimum atomic E-state index is -0.526. The van der Waals surface area contributed by atoms with Crippen LogP contribution in [0, 0.1) is 23.2 Å². The summed E-state index contributed by atoms with van der Waals surface area (Å²) < 4.78 is 0. The van der Waals surface area contributed by atoms with Crippen molar-refractivity contribution in [3.63, 3.8) is 0 Å². The normalized spacial score (nSPS) is 39.6. The molecule has 5 heteroatoms. The zero-order valence-electron chi connectivity index (χ0n) is 17.7. The van der Waals surface area contributed by atoms with Gasteiger partial charge in [-0.1, -0.05) is 13.0 Å². The van der Waals surface area contributed by atoms with Gasteiger partial charge < -0.3 is 20.0 Å². The highest BCUT2D eigenvalue weighted by Gasteiger charge is 2.59. The summed E-state index contributed by atoms with van der Waals surface area (Å²) in [5.74, 6) is 1.73. The molecule has 1 unspecified atom stereocenters. The summed E-state index contributed by atoms with van der Waals surface area (Å²) in [5, 5.41) is 21.2. The van der Waals surface area contributed by atoms with Crippen LogP contribution in [0.2, 0.25) is 0 Å². The number of likely N-dealkylation sites (N-methyl/N-ethyl adjacent to an activating group) is 1. The predicted octanol–water partition coefficient (Wildman–Crippen LogP) is 2.61. The van der Waals surface area contributed by atoms with Crippen LogP contribution >= 0.6 is 0 Å². The van der Waals surface area contributed by atoms with Gasteiger partial charge >= 0.3 is 0 Å². The molecule has 5 rings (SSSR count). The Hall–Kier alpha value is -1.59. The molecule has 4 aliphatic rings. The molecule has 0 aromatic heterocycles. The Morgan fingerprint density at radius 1 is 1.17 bits per heavy atom. The molecule has 3 fully saturated rings. The standard InChI is InChI=1S/C24H34N2O3/c1-24-8-7-18-17-6-4-16(27)13-15(17)3-5-19(18)21(24)14-20(22(24)28)23(29)26-11-9-25(2)10-12-26/h4,6,13,18-22,27-28H,3,5,7-12,14H2,1-2H3/t18-,19-,20?,21+,22+,24+/m1/s1. The monoisotopic (exact) mass is 398 g/mol. The first-order chi connectivity index (χ1) is 13.9. The van der Waals surface area contributed by atoms with Crippen molar-refractivity contribution in [3.05, 3.63) is 29.3 Å². The number of phenolic OH excluding ortho intramolecular Hbond substituents is 1. The quantitative estimate of drug-likeness (QED) is 0.763. The number of carbonyl (C=O) groups excluding carboxylic acids is 1. The molecule has 1 amide bonds. The zero-order valence-corrected chi connectivity index (χ0v) is 17.7. The summed E-state index contributed by atoms with van der Waals surface area (Å²) in [5.41, 5.74) is 2.53. The predicted molar refractivity (Wildman–Crippen MR) is 112 cm³/mol. The van der Waals surface area contributed by atoms with Crippen molar-refractivity contribution in [2.75, 3.05) is 33.2 Å². The van der Waals surface area contributed by atoms with Crippen molar-refractivity contribution in [3.8, 4) is 5.75 Å². The van der Waals surface area contributed by atoms with Crippen LogP contribution in [0.3, 0.4) is 0 Å². The Balaban J connectivity index is 1.39. The van der Waals surface area contributed by atoms with E-state index in [0.29, 0.717) is 23.5 Å². The number of amides is 1. The van der Waals surface area contributed by atoms with E-state index >= 15 is 0 Å². The van der Waals surface area contributed by atoms with E-state index < -0.39 is 6.10 Å². The lowest BCUT2D eigenvalue weighted by molar-refractivity contribution is -0.141. The fourth-order valence-corrected chi connectivity index (χ4v) is 7.09. The summed E-state index contributed by atoms with van der Waals surface area (Å²) in [7, 11) is 2.10. The van der Waals surface area contributed by atoms with Gasteiger partial charge in [-0.15, -0.1) is 0 Å². The Bertz CT molecular complexity index is 803. The van der Waals surface area contributed by atoms with Crippen LogP contribution in [0.15, 0.2) is 18.2 Å². The van der Waals surface area contributed by atoms with Gasteiger partial charge in [0.05, 0.1) is 12.0 Å². The van der Waals surface area contributed by atoms with Crippen LogP contribution in [-0.2, 0) is 11.2 Å². The van der Waals surface area contributed by atoms with Gasteiger partial charge in [0.25, 0.3) is 0 Å². The lowest BCUT2D eigenvalue weighted by Crippen LogP contribution is -2.51. The van der Waals surface area contributed by atoms with Gasteiger partial charge in [-0.05, 0) is 85.6 Å². The number of aromatic hydroxyl groups is 1. The van der Waals surface area contributed by atoms with Crippen LogP contribution in [0.5, 0.6) is 5.75 Å². The van der Waals surface area contributed by atoms with E-state index in [1.807, 2.05) is 17.0 Å². The van der Waals surface area contributed by atoms with Gasteiger partial charge in [-0.25, -0.2) is 0 Å². The summed E-state index contributed by atoms with van der Waals surface area (Å²) in [6, 6.07) is 5.86. The number of nitrogens with zero attached hydrogens (tertiary/aromatic N) is 2. The molecule has 29 heavy (non-hydrogen) atoms. The number of benzene rings is 1. The third-order valence-corrected chi connectivity index (χ3v) is 8.84. The smallest absolute Gasteiger partial charge is 0.228 e. The molecule has 6 atom stereocenters. The van der Waals surface area contributed by atoms with E-state index in [9.17, 15) is 15.0 Å². The van der Waals surface area contributed by atoms with Crippen LogP contribution in [0.25, 0.3) is 0 Å². The van der Waals surface area contributed by atoms with Crippen LogP contribution in [-0.4, -0.2) is 65.3 Å². The number of rotatable bonds is 1. The maximum Gasteiger partial charge on any atom is 0.228 e. The Morgan fingerprint density at radius 3 is 2.69 bits per heavy atom. The van der Waals surface area contributed by atoms with Gasteiger partial charge in [0.15, 0.2) is 0 Å². The molecule has 0 spiro atoms. The minimum Gasteiger partial charge on any atom is -0.508 e. The second-order valence-electron chi connectivity index (χ2n) is 10.3. The highest BCUT2D eigenvalue weighted by molar-refractivity contribution is 5.80. The maximum atomic E-state index is 13.3. The third kappa shape index (κ3) is 3.00. The highest BCUT2D eigenvalue weighted by Crippen LogP contribution is 2.62. The molecular weight excluding hydrogens is 364 g/mol. The van der Waals surface area contributed by atoms with Gasteiger partial charge in [-0.3, -0.25) is 4.79 Å². The number of hydrogen-bond donors (Lipinski definition) is 2. The number of aliphatic hydroxyl groups excluding tert-OH is 1. The first-order valence-electron chi connectivity index (χ1n) is 11.4. The van der Waals surface area contributed by atoms with Gasteiger partial charge in [-0.2, -0.15) is 0 Å². The number of piperazine rings is 1. The summed E-state index contributed by atoms with van der Waals surface area (Å²) in [4.78, 5) is 17.6. The van der Waals surface area contributed by atoms with E-state index in [-0.39, 0.29) is 17.2 Å². The van der Waals surface area contributed by atoms with E-state index in [1.54, 1.807) is 0 Å². The number of aliphatic hydroxyl groups is 1. The molecule has 158 valence electrons. The Labute approximate surface area is 173 Å². The number of carbonyl (C=O) groups is 1. The molecule has 1 saturated heterocycles. The summed E-state index contributed by atoms with van der Waals surface area (Å²) in [6.07, 6.45) is 4.45. The molecule has 1 aromatic rings. The van der Waals surface area contributed by atoms with Crippen molar-refractivity contribution in [1.82, 2.24) is 9.80 Å². The van der Waals surface area contributed by atoms with Crippen molar-refractivity contribution in [1.29, 1.82) is 0 Å². The van der Waals surface area contributed by atoms with Crippen molar-refractivity contribution >= 4 is 5.91 Å². The first kappa shape index (κ1) is 19.4. The van der Waals surface area contributed by atoms with Crippen molar-refractivity contribution < 1.29 is 15.0 Å². The Morgan fingerprint density at radius 2 is 1.93 bits per heavy atom. The third-order valence-electron chi connectivity index (χ3n) is 8.84. The molecule has 0 bridgehead atoms. The molecule has 3 aliphatic carbocycles. The summed E-state index contributed by atoms with van der Waals surface area (Å²) in [6.45, 7) is 5.64. The molecule has 1 heterocycles. The fraction of sp³-hybridized carbons (Fsp3) is 0.708. The molecule has 0 radical (unpaired) electrons. The number of phenols is 1. The van der Waals surface area contributed by atoms with Gasteiger partial charge in [0, 0.05) is 26.2 Å². The van der Waals surface area contributed by atoms with Crippen LogP contribution < -0.4 is 0 Å². The van der Waals surface area contributed by atoms with E-state index in [0.717, 1.165) is 58.3 Å². The fourth-order valence-electron chi connectivity index (χ4n) is 7.09. The Kier molecular flexibility index (Phi) is 4.67. The van der Waals surface area contributed by atoms with E-state index in [1.165, 1.54) is 11.1 Å². The average molecular weight is 399 g/mol. The maximum absolute atomic E-state index is 13.3. The SMILES string of the molecule is CN1CCN(C(=O)C2C[C@H]3[C@@H]4CCc5cc(O)ccc5[C@H]4CC[C@]3(C)[C@H]2O)CC1. The second kappa shape index (κ2) is 6.98. The number of fused-ring (bicyclic) bond motifs is 5. The van der Waals surface area contributed by atoms with Crippen LogP contribution in [0.1, 0.15) is 49.7 Å². The first-order valence-corrected chi connectivity index (χ1v) is 11.4. The second-order valence-corrected chi connectivity index (χ2v) is 10.3. The van der Waals surface area contributed by atoms with Gasteiger partial charge in [0.2, 0.25) is 5.91 Å². The molecule has 5 nitrogen and oxygen atoms in total. The lowest BCUT2D eigenvalue weighted by Gasteiger charge is -2.50. The lowest BCUT2D eigenvalue weighted by atomic mass is 9.55. The molecule has 1 aliphatic heterocycles. The average Bonchev–Trinajstić information content (AvgIpc) is 2.99. The molecular formula is C24H34N2O3. The molecule has 2 N–H and O–H groups in total. The topological polar surface area (TPSA) is 64.0 Å².